The molecule has 0 aliphatic carbocycles. The third-order valence-corrected chi connectivity index (χ3v) is 2.15. The van der Waals surface area contributed by atoms with Crippen LogP contribution in [-0.4, -0.2) is 48.1 Å². The summed E-state index contributed by atoms with van der Waals surface area (Å²) in [5, 5.41) is 8.63. The summed E-state index contributed by atoms with van der Waals surface area (Å²) in [6.07, 6.45) is 2.43. The Labute approximate surface area is 93.2 Å². The fourth-order valence-electron chi connectivity index (χ4n) is 1.45. The quantitative estimate of drug-likeness (QED) is 0.555. The van der Waals surface area contributed by atoms with Gasteiger partial charge in [0.05, 0.1) is 5.92 Å². The molecule has 0 fully saturated rings. The van der Waals surface area contributed by atoms with Crippen molar-refractivity contribution in [3.63, 3.8) is 0 Å². The van der Waals surface area contributed by atoms with E-state index in [1.807, 2.05) is 6.08 Å². The predicted octanol–water partition coefficient (Wildman–Crippen LogP) is 0.744. The maximum absolute atomic E-state index is 10.7. The molecule has 1 N–H and O–H groups in total. The zero-order chi connectivity index (χ0) is 12.1. The van der Waals surface area contributed by atoms with E-state index in [4.69, 9.17) is 9.84 Å². The zero-order valence-electron chi connectivity index (χ0n) is 9.21. The van der Waals surface area contributed by atoms with Crippen LogP contribution in [0.1, 0.15) is 6.92 Å². The molecule has 0 spiro atoms. The second kappa shape index (κ2) is 5.29. The number of carbonyl (C=O) groups excluding carboxylic acids is 1. The minimum atomic E-state index is -1.25. The number of ether oxygens (including phenoxy) is 1. The number of nitrogens with zero attached hydrogens (tertiary/aromatic N) is 2. The third kappa shape index (κ3) is 3.38. The SMILES string of the molecule is CC(=O)OCC1C=CCN(C)C1=NC(=O)O. The molecule has 6 heteroatoms. The molecule has 0 saturated carbocycles. The van der Waals surface area contributed by atoms with Crippen LogP contribution in [0.2, 0.25) is 0 Å². The molecule has 16 heavy (non-hydrogen) atoms. The Morgan fingerprint density at radius 1 is 1.69 bits per heavy atom. The summed E-state index contributed by atoms with van der Waals surface area (Å²) >= 11 is 0. The number of amidine groups is 1. The summed E-state index contributed by atoms with van der Waals surface area (Å²) in [5.74, 6) is -0.286. The van der Waals surface area contributed by atoms with Gasteiger partial charge < -0.3 is 14.7 Å². The van der Waals surface area contributed by atoms with Gasteiger partial charge in [-0.2, -0.15) is 4.99 Å². The molecule has 0 aromatic heterocycles. The van der Waals surface area contributed by atoms with Crippen LogP contribution in [0, 0.1) is 5.92 Å². The van der Waals surface area contributed by atoms with Gasteiger partial charge in [-0.3, -0.25) is 4.79 Å². The van der Waals surface area contributed by atoms with E-state index in [-0.39, 0.29) is 12.5 Å². The van der Waals surface area contributed by atoms with Gasteiger partial charge in [-0.25, -0.2) is 4.79 Å². The molecule has 0 saturated heterocycles. The van der Waals surface area contributed by atoms with Crippen LogP contribution in [0.5, 0.6) is 0 Å². The highest BCUT2D eigenvalue weighted by Crippen LogP contribution is 2.12. The van der Waals surface area contributed by atoms with Crippen LogP contribution in [0.15, 0.2) is 17.1 Å². The monoisotopic (exact) mass is 226 g/mol. The van der Waals surface area contributed by atoms with Gasteiger partial charge in [-0.15, -0.1) is 0 Å². The van der Waals surface area contributed by atoms with E-state index in [1.54, 1.807) is 18.0 Å². The third-order valence-electron chi connectivity index (χ3n) is 2.15. The molecule has 1 unspecified atom stereocenters. The van der Waals surface area contributed by atoms with E-state index in [2.05, 4.69) is 4.99 Å². The van der Waals surface area contributed by atoms with Crippen LogP contribution in [-0.2, 0) is 9.53 Å². The summed E-state index contributed by atoms with van der Waals surface area (Å²) in [5.41, 5.74) is 0. The topological polar surface area (TPSA) is 79.2 Å². The first-order valence-electron chi connectivity index (χ1n) is 4.83. The average molecular weight is 226 g/mol. The smallest absolute Gasteiger partial charge is 0.432 e. The van der Waals surface area contributed by atoms with Crippen LogP contribution >= 0.6 is 0 Å². The highest BCUT2D eigenvalue weighted by molar-refractivity contribution is 5.94. The number of aliphatic imine (C=N–C) groups is 1. The van der Waals surface area contributed by atoms with Crippen molar-refractivity contribution in [3.8, 4) is 0 Å². The Hall–Kier alpha value is -1.85. The van der Waals surface area contributed by atoms with Gasteiger partial charge in [0.1, 0.15) is 12.4 Å². The molecule has 1 heterocycles. The Bertz CT molecular complexity index is 349. The van der Waals surface area contributed by atoms with Gasteiger partial charge in [0, 0.05) is 20.5 Å². The summed E-state index contributed by atoms with van der Waals surface area (Å²) in [6.45, 7) is 2.02. The van der Waals surface area contributed by atoms with Crippen molar-refractivity contribution >= 4 is 17.9 Å². The van der Waals surface area contributed by atoms with Crippen molar-refractivity contribution in [2.75, 3.05) is 20.2 Å². The number of carbonyl (C=O) groups is 2. The van der Waals surface area contributed by atoms with E-state index in [9.17, 15) is 9.59 Å². The standard InChI is InChI=1S/C10H14N2O4/c1-7(13)16-6-8-4-3-5-12(2)9(8)11-10(14)15/h3-4,8H,5-6H2,1-2H3,(H,14,15). The molecule has 1 amide bonds. The Balaban J connectivity index is 2.78. The van der Waals surface area contributed by atoms with E-state index >= 15 is 0 Å². The van der Waals surface area contributed by atoms with Crippen molar-refractivity contribution in [1.29, 1.82) is 0 Å². The number of carboxylic acid groups (broad SMARTS) is 1. The van der Waals surface area contributed by atoms with Gasteiger partial charge in [-0.05, 0) is 0 Å². The summed E-state index contributed by atoms with van der Waals surface area (Å²) in [6, 6.07) is 0. The van der Waals surface area contributed by atoms with Crippen LogP contribution in [0.25, 0.3) is 0 Å². The zero-order valence-corrected chi connectivity index (χ0v) is 9.21. The normalized spacial score (nSPS) is 22.2. The lowest BCUT2D eigenvalue weighted by molar-refractivity contribution is -0.141. The second-order valence-corrected chi connectivity index (χ2v) is 3.47. The maximum atomic E-state index is 10.7. The van der Waals surface area contributed by atoms with Gasteiger partial charge >= 0.3 is 12.1 Å². The Kier molecular flexibility index (Phi) is 4.04. The Morgan fingerprint density at radius 3 is 2.94 bits per heavy atom. The molecule has 1 aliphatic heterocycles. The fourth-order valence-corrected chi connectivity index (χ4v) is 1.45. The molecule has 0 bridgehead atoms. The van der Waals surface area contributed by atoms with E-state index in [0.717, 1.165) is 0 Å². The number of amides is 1. The second-order valence-electron chi connectivity index (χ2n) is 3.47. The predicted molar refractivity (Wildman–Crippen MR) is 57.4 cm³/mol. The first-order valence-corrected chi connectivity index (χ1v) is 4.83. The molecule has 0 radical (unpaired) electrons. The Morgan fingerprint density at radius 2 is 2.38 bits per heavy atom. The summed E-state index contributed by atoms with van der Waals surface area (Å²) in [4.78, 5) is 26.4. The number of hydrogen-bond acceptors (Lipinski definition) is 3. The van der Waals surface area contributed by atoms with Crippen LogP contribution < -0.4 is 0 Å². The molecule has 1 rings (SSSR count). The van der Waals surface area contributed by atoms with E-state index in [0.29, 0.717) is 12.4 Å². The van der Waals surface area contributed by atoms with Crippen LogP contribution in [0.3, 0.4) is 0 Å². The van der Waals surface area contributed by atoms with Gasteiger partial charge in [0.2, 0.25) is 0 Å². The molecule has 1 atom stereocenters. The first-order chi connectivity index (χ1) is 7.50. The molecular formula is C10H14N2O4. The minimum Gasteiger partial charge on any atom is -0.465 e. The summed E-state index contributed by atoms with van der Waals surface area (Å²) in [7, 11) is 1.74. The highest BCUT2D eigenvalue weighted by atomic mass is 16.5. The minimum absolute atomic E-state index is 0.113. The van der Waals surface area contributed by atoms with Crippen molar-refractivity contribution < 1.29 is 19.4 Å². The van der Waals surface area contributed by atoms with E-state index in [1.165, 1.54) is 6.92 Å². The maximum Gasteiger partial charge on any atom is 0.432 e. The molecular weight excluding hydrogens is 212 g/mol. The van der Waals surface area contributed by atoms with Crippen LogP contribution in [0.4, 0.5) is 4.79 Å². The molecule has 88 valence electrons. The molecule has 0 aromatic rings. The largest absolute Gasteiger partial charge is 0.465 e. The van der Waals surface area contributed by atoms with Crippen molar-refractivity contribution in [3.05, 3.63) is 12.2 Å². The lowest BCUT2D eigenvalue weighted by atomic mass is 10.0. The number of hydrogen-bond donors (Lipinski definition) is 1. The molecule has 0 aromatic carbocycles. The lowest BCUT2D eigenvalue weighted by Gasteiger charge is -2.28. The van der Waals surface area contributed by atoms with Crippen molar-refractivity contribution in [1.82, 2.24) is 4.90 Å². The van der Waals surface area contributed by atoms with E-state index < -0.39 is 12.1 Å². The number of likely N-dealkylation sites (N-methyl/N-ethyl adjacent to an activating group) is 1. The van der Waals surface area contributed by atoms with Gasteiger partial charge in [0.25, 0.3) is 0 Å². The first kappa shape index (κ1) is 12.2. The fraction of sp³-hybridized carbons (Fsp3) is 0.500. The highest BCUT2D eigenvalue weighted by Gasteiger charge is 2.22. The van der Waals surface area contributed by atoms with Crippen molar-refractivity contribution in [2.45, 2.75) is 6.92 Å². The summed E-state index contributed by atoms with van der Waals surface area (Å²) < 4.78 is 4.85. The van der Waals surface area contributed by atoms with Gasteiger partial charge in [-0.1, -0.05) is 12.2 Å². The average Bonchev–Trinajstić information content (AvgIpc) is 2.18. The number of esters is 1. The molecule has 1 aliphatic rings. The molecule has 6 nitrogen and oxygen atoms in total. The van der Waals surface area contributed by atoms with Gasteiger partial charge in [0.15, 0.2) is 0 Å². The van der Waals surface area contributed by atoms with Crippen molar-refractivity contribution in [2.24, 2.45) is 10.9 Å². The lowest BCUT2D eigenvalue weighted by Crippen LogP contribution is -2.38. The number of rotatable bonds is 2.